The number of hydrogen-bond donors (Lipinski definition) is 0. The molecule has 2 atom stereocenters. The summed E-state index contributed by atoms with van der Waals surface area (Å²) in [4.78, 5) is 24.1. The standard InChI is InChI=1S/C20H24O4/c1-12-5-7-14(8-6-12)15-9-18(23-13(2)21)24-17-11-20(3,4)10-16(22)19(15)17/h5-8,15,18H,9-11H2,1-4H3/t15-,18-/m0/s1. The first-order chi connectivity index (χ1) is 11.2. The van der Waals surface area contributed by atoms with Gasteiger partial charge in [0.25, 0.3) is 0 Å². The minimum Gasteiger partial charge on any atom is -0.459 e. The van der Waals surface area contributed by atoms with Crippen LogP contribution < -0.4 is 0 Å². The predicted molar refractivity (Wildman–Crippen MR) is 90.2 cm³/mol. The van der Waals surface area contributed by atoms with Crippen LogP contribution in [-0.4, -0.2) is 18.0 Å². The maximum Gasteiger partial charge on any atom is 0.305 e. The van der Waals surface area contributed by atoms with Crippen LogP contribution in [0.2, 0.25) is 0 Å². The molecule has 0 N–H and O–H groups in total. The van der Waals surface area contributed by atoms with E-state index < -0.39 is 6.29 Å². The Labute approximate surface area is 142 Å². The van der Waals surface area contributed by atoms with Crippen molar-refractivity contribution >= 4 is 11.8 Å². The van der Waals surface area contributed by atoms with Crippen molar-refractivity contribution in [3.05, 3.63) is 46.7 Å². The van der Waals surface area contributed by atoms with Crippen LogP contribution in [0.15, 0.2) is 35.6 Å². The number of esters is 1. The van der Waals surface area contributed by atoms with E-state index in [4.69, 9.17) is 9.47 Å². The number of allylic oxidation sites excluding steroid dienone is 2. The molecule has 3 rings (SSSR count). The number of ketones is 1. The van der Waals surface area contributed by atoms with Crippen LogP contribution in [-0.2, 0) is 19.1 Å². The Morgan fingerprint density at radius 2 is 1.88 bits per heavy atom. The van der Waals surface area contributed by atoms with Crippen LogP contribution in [0.25, 0.3) is 0 Å². The highest BCUT2D eigenvalue weighted by atomic mass is 16.7. The van der Waals surface area contributed by atoms with E-state index in [0.29, 0.717) is 25.0 Å². The van der Waals surface area contributed by atoms with Gasteiger partial charge < -0.3 is 9.47 Å². The molecular formula is C20H24O4. The van der Waals surface area contributed by atoms with Crippen molar-refractivity contribution in [2.24, 2.45) is 5.41 Å². The fourth-order valence-corrected chi connectivity index (χ4v) is 3.65. The summed E-state index contributed by atoms with van der Waals surface area (Å²) in [7, 11) is 0. The van der Waals surface area contributed by atoms with Gasteiger partial charge in [-0.05, 0) is 17.9 Å². The third-order valence-corrected chi connectivity index (χ3v) is 4.71. The van der Waals surface area contributed by atoms with Gasteiger partial charge in [-0.15, -0.1) is 0 Å². The average Bonchev–Trinajstić information content (AvgIpc) is 2.44. The Balaban J connectivity index is 2.02. The molecule has 1 aliphatic heterocycles. The van der Waals surface area contributed by atoms with Crippen molar-refractivity contribution in [3.63, 3.8) is 0 Å². The van der Waals surface area contributed by atoms with E-state index in [-0.39, 0.29) is 23.1 Å². The molecule has 4 heteroatoms. The van der Waals surface area contributed by atoms with E-state index in [1.54, 1.807) is 0 Å². The Morgan fingerprint density at radius 3 is 2.50 bits per heavy atom. The van der Waals surface area contributed by atoms with Gasteiger partial charge in [0, 0.05) is 37.7 Å². The molecular weight excluding hydrogens is 304 g/mol. The fourth-order valence-electron chi connectivity index (χ4n) is 3.65. The lowest BCUT2D eigenvalue weighted by Gasteiger charge is -2.40. The summed E-state index contributed by atoms with van der Waals surface area (Å²) in [6.07, 6.45) is 1.06. The first kappa shape index (κ1) is 16.7. The molecule has 0 saturated heterocycles. The highest BCUT2D eigenvalue weighted by Gasteiger charge is 2.42. The summed E-state index contributed by atoms with van der Waals surface area (Å²) >= 11 is 0. The zero-order chi connectivity index (χ0) is 17.5. The number of carbonyl (C=O) groups is 2. The summed E-state index contributed by atoms with van der Waals surface area (Å²) in [5, 5.41) is 0. The molecule has 0 aromatic heterocycles. The molecule has 4 nitrogen and oxygen atoms in total. The number of hydrogen-bond acceptors (Lipinski definition) is 4. The number of benzene rings is 1. The van der Waals surface area contributed by atoms with Crippen molar-refractivity contribution in [3.8, 4) is 0 Å². The summed E-state index contributed by atoms with van der Waals surface area (Å²) in [6.45, 7) is 7.54. The largest absolute Gasteiger partial charge is 0.459 e. The number of aryl methyl sites for hydroxylation is 1. The zero-order valence-electron chi connectivity index (χ0n) is 14.7. The maximum atomic E-state index is 12.8. The molecule has 0 radical (unpaired) electrons. The van der Waals surface area contributed by atoms with Gasteiger partial charge in [-0.2, -0.15) is 0 Å². The van der Waals surface area contributed by atoms with Crippen molar-refractivity contribution in [1.29, 1.82) is 0 Å². The molecule has 128 valence electrons. The minimum atomic E-state index is -0.630. The van der Waals surface area contributed by atoms with Gasteiger partial charge in [0.2, 0.25) is 6.29 Å². The van der Waals surface area contributed by atoms with Gasteiger partial charge in [-0.3, -0.25) is 9.59 Å². The van der Waals surface area contributed by atoms with E-state index in [1.165, 1.54) is 12.5 Å². The Hall–Kier alpha value is -2.10. The lowest BCUT2D eigenvalue weighted by Crippen LogP contribution is -2.36. The van der Waals surface area contributed by atoms with Gasteiger partial charge >= 0.3 is 5.97 Å². The van der Waals surface area contributed by atoms with Crippen molar-refractivity contribution < 1.29 is 19.1 Å². The van der Waals surface area contributed by atoms with Crippen LogP contribution in [0, 0.1) is 12.3 Å². The number of rotatable bonds is 2. The number of ether oxygens (including phenoxy) is 2. The van der Waals surface area contributed by atoms with Gasteiger partial charge in [-0.25, -0.2) is 0 Å². The van der Waals surface area contributed by atoms with E-state index in [0.717, 1.165) is 11.1 Å². The third-order valence-electron chi connectivity index (χ3n) is 4.71. The molecule has 0 saturated carbocycles. The van der Waals surface area contributed by atoms with Crippen LogP contribution in [0.4, 0.5) is 0 Å². The van der Waals surface area contributed by atoms with Crippen LogP contribution in [0.3, 0.4) is 0 Å². The molecule has 24 heavy (non-hydrogen) atoms. The lowest BCUT2D eigenvalue weighted by atomic mass is 9.71. The molecule has 0 unspecified atom stereocenters. The lowest BCUT2D eigenvalue weighted by molar-refractivity contribution is -0.174. The fraction of sp³-hybridized carbons (Fsp3) is 0.500. The monoisotopic (exact) mass is 328 g/mol. The second-order valence-electron chi connectivity index (χ2n) is 7.63. The van der Waals surface area contributed by atoms with Crippen LogP contribution in [0.1, 0.15) is 57.1 Å². The van der Waals surface area contributed by atoms with Gasteiger partial charge in [-0.1, -0.05) is 43.7 Å². The molecule has 0 fully saturated rings. The highest BCUT2D eigenvalue weighted by molar-refractivity contribution is 5.98. The molecule has 2 aliphatic rings. The van der Waals surface area contributed by atoms with Crippen LogP contribution in [0.5, 0.6) is 0 Å². The second kappa shape index (κ2) is 6.08. The second-order valence-corrected chi connectivity index (χ2v) is 7.63. The normalized spacial score (nSPS) is 25.8. The van der Waals surface area contributed by atoms with E-state index in [2.05, 4.69) is 13.8 Å². The van der Waals surface area contributed by atoms with E-state index in [9.17, 15) is 9.59 Å². The summed E-state index contributed by atoms with van der Waals surface area (Å²) in [6, 6.07) is 8.19. The van der Waals surface area contributed by atoms with Crippen molar-refractivity contribution in [2.75, 3.05) is 0 Å². The molecule has 0 spiro atoms. The molecule has 1 heterocycles. The average molecular weight is 328 g/mol. The Morgan fingerprint density at radius 1 is 1.21 bits per heavy atom. The van der Waals surface area contributed by atoms with Crippen molar-refractivity contribution in [1.82, 2.24) is 0 Å². The van der Waals surface area contributed by atoms with Gasteiger partial charge in [0.1, 0.15) is 5.76 Å². The molecule has 0 amide bonds. The van der Waals surface area contributed by atoms with Crippen molar-refractivity contribution in [2.45, 2.75) is 59.2 Å². The number of carbonyl (C=O) groups excluding carboxylic acids is 2. The number of Topliss-reactive ketones (excluding diaryl/α,β-unsaturated/α-hetero) is 1. The summed E-state index contributed by atoms with van der Waals surface area (Å²) < 4.78 is 11.2. The minimum absolute atomic E-state index is 0.0812. The van der Waals surface area contributed by atoms with Gasteiger partial charge in [0.05, 0.1) is 0 Å². The predicted octanol–water partition coefficient (Wildman–Crippen LogP) is 4.03. The topological polar surface area (TPSA) is 52.6 Å². The first-order valence-electron chi connectivity index (χ1n) is 8.42. The Kier molecular flexibility index (Phi) is 4.24. The molecule has 1 aliphatic carbocycles. The molecule has 1 aromatic carbocycles. The molecule has 0 bridgehead atoms. The van der Waals surface area contributed by atoms with E-state index >= 15 is 0 Å². The highest BCUT2D eigenvalue weighted by Crippen LogP contribution is 2.47. The smallest absolute Gasteiger partial charge is 0.305 e. The summed E-state index contributed by atoms with van der Waals surface area (Å²) in [5.41, 5.74) is 2.88. The SMILES string of the molecule is CC(=O)O[C@@H]1C[C@@H](c2ccc(C)cc2)C2=C(CC(C)(C)CC2=O)O1. The van der Waals surface area contributed by atoms with Crippen LogP contribution >= 0.6 is 0 Å². The summed E-state index contributed by atoms with van der Waals surface area (Å²) in [5.74, 6) is 0.392. The maximum absolute atomic E-state index is 12.8. The molecule has 1 aromatic rings. The van der Waals surface area contributed by atoms with E-state index in [1.807, 2.05) is 31.2 Å². The first-order valence-corrected chi connectivity index (χ1v) is 8.42. The zero-order valence-corrected chi connectivity index (χ0v) is 14.7. The quantitative estimate of drug-likeness (QED) is 0.769. The Bertz CT molecular complexity index is 697. The third kappa shape index (κ3) is 3.37. The van der Waals surface area contributed by atoms with Gasteiger partial charge in [0.15, 0.2) is 5.78 Å².